The molecule has 21 heavy (non-hydrogen) atoms. The summed E-state index contributed by atoms with van der Waals surface area (Å²) in [4.78, 5) is 11.2. The first-order valence-corrected chi connectivity index (χ1v) is 8.19. The van der Waals surface area contributed by atoms with E-state index in [2.05, 4.69) is 0 Å². The van der Waals surface area contributed by atoms with E-state index in [-0.39, 0.29) is 16.5 Å². The Morgan fingerprint density at radius 2 is 2.14 bits per heavy atom. The first-order chi connectivity index (χ1) is 9.78. The van der Waals surface area contributed by atoms with Gasteiger partial charge in [0.25, 0.3) is 0 Å². The third-order valence-electron chi connectivity index (χ3n) is 3.52. The second-order valence-corrected chi connectivity index (χ2v) is 7.13. The van der Waals surface area contributed by atoms with Crippen LogP contribution >= 0.6 is 11.6 Å². The van der Waals surface area contributed by atoms with E-state index >= 15 is 0 Å². The van der Waals surface area contributed by atoms with Crippen LogP contribution in [0.1, 0.15) is 18.4 Å². The Balaban J connectivity index is 2.49. The van der Waals surface area contributed by atoms with Crippen molar-refractivity contribution in [2.75, 3.05) is 13.7 Å². The standard InChI is InChI=1S/C13H16ClNO5S/c1-8-6-11(20-2)9(14)7-12(8)21(18,19)15-5-3-4-10(15)13(16)17/h6-7,10H,3-5H2,1-2H3,(H,16,17)/t10-/m0/s1. The molecule has 8 heteroatoms. The molecule has 1 heterocycles. The van der Waals surface area contributed by atoms with Crippen molar-refractivity contribution >= 4 is 27.6 Å². The van der Waals surface area contributed by atoms with Crippen LogP contribution in [-0.2, 0) is 14.8 Å². The van der Waals surface area contributed by atoms with Crippen molar-refractivity contribution in [3.8, 4) is 5.75 Å². The first kappa shape index (κ1) is 16.1. The van der Waals surface area contributed by atoms with Crippen molar-refractivity contribution in [2.45, 2.75) is 30.7 Å². The molecule has 1 aromatic rings. The smallest absolute Gasteiger partial charge is 0.322 e. The molecule has 0 spiro atoms. The van der Waals surface area contributed by atoms with Gasteiger partial charge in [0.15, 0.2) is 0 Å². The van der Waals surface area contributed by atoms with Crippen LogP contribution in [0.25, 0.3) is 0 Å². The Labute approximate surface area is 128 Å². The molecule has 1 N–H and O–H groups in total. The van der Waals surface area contributed by atoms with Gasteiger partial charge in [-0.25, -0.2) is 8.42 Å². The fourth-order valence-corrected chi connectivity index (χ4v) is 4.66. The topological polar surface area (TPSA) is 83.9 Å². The summed E-state index contributed by atoms with van der Waals surface area (Å²) in [5, 5.41) is 9.32. The number of methoxy groups -OCH3 is 1. The Kier molecular flexibility index (Phi) is 4.46. The van der Waals surface area contributed by atoms with E-state index in [4.69, 9.17) is 21.4 Å². The highest BCUT2D eigenvalue weighted by molar-refractivity contribution is 7.89. The maximum Gasteiger partial charge on any atom is 0.322 e. The zero-order chi connectivity index (χ0) is 15.8. The predicted octanol–water partition coefficient (Wildman–Crippen LogP) is 1.89. The van der Waals surface area contributed by atoms with Crippen molar-refractivity contribution in [3.05, 3.63) is 22.7 Å². The van der Waals surface area contributed by atoms with E-state index in [1.165, 1.54) is 19.2 Å². The monoisotopic (exact) mass is 333 g/mol. The van der Waals surface area contributed by atoms with E-state index in [1.54, 1.807) is 6.92 Å². The number of hydrogen-bond donors (Lipinski definition) is 1. The number of sulfonamides is 1. The number of nitrogens with zero attached hydrogens (tertiary/aromatic N) is 1. The number of carboxylic acids is 1. The molecule has 1 aromatic carbocycles. The molecule has 1 aliphatic rings. The number of halogens is 1. The van der Waals surface area contributed by atoms with Gasteiger partial charge in [-0.1, -0.05) is 11.6 Å². The van der Waals surface area contributed by atoms with Crippen molar-refractivity contribution in [2.24, 2.45) is 0 Å². The molecule has 116 valence electrons. The third-order valence-corrected chi connectivity index (χ3v) is 5.87. The highest BCUT2D eigenvalue weighted by atomic mass is 35.5. The second kappa shape index (κ2) is 5.82. The summed E-state index contributed by atoms with van der Waals surface area (Å²) < 4.78 is 31.4. The van der Waals surface area contributed by atoms with Crippen LogP contribution in [0.4, 0.5) is 0 Å². The average molecular weight is 334 g/mol. The Morgan fingerprint density at radius 1 is 1.48 bits per heavy atom. The molecule has 0 bridgehead atoms. The summed E-state index contributed by atoms with van der Waals surface area (Å²) in [6, 6.07) is 1.82. The molecule has 6 nitrogen and oxygen atoms in total. The summed E-state index contributed by atoms with van der Waals surface area (Å²) in [5.74, 6) is -0.752. The first-order valence-electron chi connectivity index (χ1n) is 6.38. The summed E-state index contributed by atoms with van der Waals surface area (Å²) in [7, 11) is -2.46. The van der Waals surface area contributed by atoms with E-state index in [0.29, 0.717) is 24.2 Å². The summed E-state index contributed by atoms with van der Waals surface area (Å²) in [5.41, 5.74) is 0.465. The van der Waals surface area contributed by atoms with Gasteiger partial charge in [0, 0.05) is 6.54 Å². The van der Waals surface area contributed by atoms with Gasteiger partial charge in [0.05, 0.1) is 17.0 Å². The number of ether oxygens (including phenoxy) is 1. The molecule has 1 fully saturated rings. The van der Waals surface area contributed by atoms with Gasteiger partial charge in [-0.15, -0.1) is 0 Å². The average Bonchev–Trinajstić information content (AvgIpc) is 2.91. The molecule has 0 aromatic heterocycles. The van der Waals surface area contributed by atoms with E-state index in [0.717, 1.165) is 4.31 Å². The van der Waals surface area contributed by atoms with Gasteiger partial charge >= 0.3 is 5.97 Å². The van der Waals surface area contributed by atoms with Gasteiger partial charge < -0.3 is 9.84 Å². The maximum absolute atomic E-state index is 12.7. The zero-order valence-electron chi connectivity index (χ0n) is 11.7. The Hall–Kier alpha value is -1.31. The molecular weight excluding hydrogens is 318 g/mol. The van der Waals surface area contributed by atoms with Crippen molar-refractivity contribution in [3.63, 3.8) is 0 Å². The fraction of sp³-hybridized carbons (Fsp3) is 0.462. The number of carboxylic acid groups (broad SMARTS) is 1. The number of hydrogen-bond acceptors (Lipinski definition) is 4. The lowest BCUT2D eigenvalue weighted by atomic mass is 10.2. The van der Waals surface area contributed by atoms with Crippen molar-refractivity contribution < 1.29 is 23.1 Å². The minimum absolute atomic E-state index is 0.0152. The van der Waals surface area contributed by atoms with Crippen molar-refractivity contribution in [1.82, 2.24) is 4.31 Å². The normalized spacial score (nSPS) is 19.7. The van der Waals surface area contributed by atoms with Gasteiger partial charge in [-0.2, -0.15) is 4.31 Å². The SMILES string of the molecule is COc1cc(C)c(S(=O)(=O)N2CCC[C@H]2C(=O)O)cc1Cl. The van der Waals surface area contributed by atoms with E-state index in [1.807, 2.05) is 0 Å². The van der Waals surface area contributed by atoms with Crippen LogP contribution in [0.3, 0.4) is 0 Å². The molecule has 0 amide bonds. The number of benzene rings is 1. The summed E-state index contributed by atoms with van der Waals surface area (Å²) in [6.45, 7) is 1.82. The molecule has 2 rings (SSSR count). The molecule has 0 unspecified atom stereocenters. The van der Waals surface area contributed by atoms with Crippen LogP contribution in [0, 0.1) is 6.92 Å². The van der Waals surface area contributed by atoms with Crippen LogP contribution in [0.5, 0.6) is 5.75 Å². The number of rotatable bonds is 4. The fourth-order valence-electron chi connectivity index (χ4n) is 2.47. The summed E-state index contributed by atoms with van der Waals surface area (Å²) >= 11 is 5.99. The van der Waals surface area contributed by atoms with E-state index in [9.17, 15) is 13.2 Å². The molecule has 0 aliphatic carbocycles. The van der Waals surface area contributed by atoms with Crippen LogP contribution < -0.4 is 4.74 Å². The molecule has 0 saturated carbocycles. The lowest BCUT2D eigenvalue weighted by Gasteiger charge is -2.22. The lowest BCUT2D eigenvalue weighted by molar-refractivity contribution is -0.140. The lowest BCUT2D eigenvalue weighted by Crippen LogP contribution is -2.40. The zero-order valence-corrected chi connectivity index (χ0v) is 13.2. The Bertz CT molecular complexity index is 673. The van der Waals surface area contributed by atoms with Gasteiger partial charge in [0.2, 0.25) is 10.0 Å². The largest absolute Gasteiger partial charge is 0.495 e. The maximum atomic E-state index is 12.7. The summed E-state index contributed by atoms with van der Waals surface area (Å²) in [6.07, 6.45) is 0.844. The van der Waals surface area contributed by atoms with Crippen LogP contribution in [0.2, 0.25) is 5.02 Å². The van der Waals surface area contributed by atoms with Gasteiger partial charge in [-0.3, -0.25) is 4.79 Å². The van der Waals surface area contributed by atoms with Gasteiger partial charge in [0.1, 0.15) is 11.8 Å². The highest BCUT2D eigenvalue weighted by Gasteiger charge is 2.40. The van der Waals surface area contributed by atoms with Crippen molar-refractivity contribution in [1.29, 1.82) is 0 Å². The number of aliphatic carboxylic acids is 1. The quantitative estimate of drug-likeness (QED) is 0.909. The predicted molar refractivity (Wildman–Crippen MR) is 77.3 cm³/mol. The molecule has 1 atom stereocenters. The van der Waals surface area contributed by atoms with Crippen LogP contribution in [-0.4, -0.2) is 43.5 Å². The van der Waals surface area contributed by atoms with Gasteiger partial charge in [-0.05, 0) is 37.5 Å². The molecule has 1 aliphatic heterocycles. The second-order valence-electron chi connectivity index (χ2n) is 4.86. The third kappa shape index (κ3) is 2.86. The number of aryl methyl sites for hydroxylation is 1. The minimum atomic E-state index is -3.90. The number of carbonyl (C=O) groups is 1. The Morgan fingerprint density at radius 3 is 2.71 bits per heavy atom. The molecule has 0 radical (unpaired) electrons. The van der Waals surface area contributed by atoms with Crippen LogP contribution in [0.15, 0.2) is 17.0 Å². The molecular formula is C13H16ClNO5S. The highest BCUT2D eigenvalue weighted by Crippen LogP contribution is 2.34. The molecule has 1 saturated heterocycles. The minimum Gasteiger partial charge on any atom is -0.495 e. The van der Waals surface area contributed by atoms with E-state index < -0.39 is 22.0 Å².